The summed E-state index contributed by atoms with van der Waals surface area (Å²) < 4.78 is 10.7. The minimum atomic E-state index is -0.591. The van der Waals surface area contributed by atoms with Gasteiger partial charge in [0.25, 0.3) is 11.8 Å². The van der Waals surface area contributed by atoms with Crippen molar-refractivity contribution in [2.24, 2.45) is 0 Å². The number of esters is 1. The van der Waals surface area contributed by atoms with Gasteiger partial charge in [-0.05, 0) is 78.7 Å². The zero-order valence-electron chi connectivity index (χ0n) is 19.7. The molecule has 8 heteroatoms. The van der Waals surface area contributed by atoms with Crippen LogP contribution in [0.2, 0.25) is 0 Å². The van der Waals surface area contributed by atoms with Crippen LogP contribution in [0.4, 0.5) is 5.69 Å². The average molecular weight is 489 g/mol. The number of nitrogens with one attached hydrogen (secondary N) is 1. The number of nitrogens with zero attached hydrogens (tertiary/aromatic N) is 1. The van der Waals surface area contributed by atoms with Crippen molar-refractivity contribution in [2.75, 3.05) is 12.0 Å². The number of benzene rings is 2. The molecule has 0 saturated carbocycles. The van der Waals surface area contributed by atoms with Crippen molar-refractivity contribution in [1.82, 2.24) is 5.32 Å². The highest BCUT2D eigenvalue weighted by Crippen LogP contribution is 2.29. The number of thiocarbonyl (C=S) groups is 1. The zero-order valence-corrected chi connectivity index (χ0v) is 20.6. The van der Waals surface area contributed by atoms with Gasteiger partial charge in [0.2, 0.25) is 0 Å². The summed E-state index contributed by atoms with van der Waals surface area (Å²) in [6.07, 6.45) is 1.40. The average Bonchev–Trinajstić information content (AvgIpc) is 3.29. The number of aryl methyl sites for hydroxylation is 1. The number of methoxy groups -OCH3 is 1. The Morgan fingerprint density at radius 3 is 2.43 bits per heavy atom. The summed E-state index contributed by atoms with van der Waals surface area (Å²) in [4.78, 5) is 38.9. The number of carbonyl (C=O) groups is 3. The summed E-state index contributed by atoms with van der Waals surface area (Å²) in [6.45, 7) is 6.02. The molecule has 4 rings (SSSR count). The minimum absolute atomic E-state index is 0.0240. The van der Waals surface area contributed by atoms with Crippen LogP contribution < -0.4 is 10.2 Å². The first-order chi connectivity index (χ1) is 16.7. The van der Waals surface area contributed by atoms with Crippen LogP contribution in [0.25, 0.3) is 17.4 Å². The fraction of sp³-hybridized carbons (Fsp3) is 0.185. The molecular weight excluding hydrogens is 464 g/mol. The van der Waals surface area contributed by atoms with Gasteiger partial charge in [-0.25, -0.2) is 4.79 Å². The first-order valence-corrected chi connectivity index (χ1v) is 11.4. The van der Waals surface area contributed by atoms with Crippen LogP contribution in [0.3, 0.4) is 0 Å². The van der Waals surface area contributed by atoms with Gasteiger partial charge >= 0.3 is 5.97 Å². The van der Waals surface area contributed by atoms with E-state index in [2.05, 4.69) is 19.2 Å². The predicted molar refractivity (Wildman–Crippen MR) is 137 cm³/mol. The fourth-order valence-corrected chi connectivity index (χ4v) is 4.08. The van der Waals surface area contributed by atoms with Crippen molar-refractivity contribution in [3.05, 3.63) is 82.6 Å². The van der Waals surface area contributed by atoms with Crippen molar-refractivity contribution in [1.29, 1.82) is 0 Å². The number of amides is 2. The molecule has 178 valence electrons. The lowest BCUT2D eigenvalue weighted by atomic mass is 10.0. The van der Waals surface area contributed by atoms with Gasteiger partial charge in [0.05, 0.1) is 18.4 Å². The van der Waals surface area contributed by atoms with Gasteiger partial charge in [0, 0.05) is 5.56 Å². The molecule has 1 aliphatic heterocycles. The van der Waals surface area contributed by atoms with Gasteiger partial charge in [0.1, 0.15) is 17.1 Å². The summed E-state index contributed by atoms with van der Waals surface area (Å²) in [6, 6.07) is 16.0. The summed E-state index contributed by atoms with van der Waals surface area (Å²) in [5.41, 5.74) is 3.62. The van der Waals surface area contributed by atoms with E-state index in [4.69, 9.17) is 21.4 Å². The molecular formula is C27H24N2O5S. The van der Waals surface area contributed by atoms with Crippen LogP contribution in [0.5, 0.6) is 0 Å². The number of hydrogen-bond donors (Lipinski definition) is 1. The van der Waals surface area contributed by atoms with Crippen molar-refractivity contribution in [2.45, 2.75) is 26.7 Å². The van der Waals surface area contributed by atoms with Crippen LogP contribution in [0, 0.1) is 6.92 Å². The molecule has 1 aliphatic rings. The maximum Gasteiger partial charge on any atom is 0.337 e. The molecule has 0 bridgehead atoms. The number of carbonyl (C=O) groups excluding carboxylic acids is 3. The molecule has 1 N–H and O–H groups in total. The van der Waals surface area contributed by atoms with Gasteiger partial charge in [-0.2, -0.15) is 0 Å². The lowest BCUT2D eigenvalue weighted by molar-refractivity contribution is -0.122. The van der Waals surface area contributed by atoms with E-state index in [1.54, 1.807) is 42.5 Å². The zero-order chi connectivity index (χ0) is 25.3. The molecule has 2 heterocycles. The molecule has 0 atom stereocenters. The molecule has 1 saturated heterocycles. The molecule has 0 aliphatic carbocycles. The Labute approximate surface area is 208 Å². The van der Waals surface area contributed by atoms with Crippen molar-refractivity contribution < 1.29 is 23.5 Å². The lowest BCUT2D eigenvalue weighted by Crippen LogP contribution is -2.54. The predicted octanol–water partition coefficient (Wildman–Crippen LogP) is 5.00. The number of furan rings is 1. The third-order valence-electron chi connectivity index (χ3n) is 5.75. The summed E-state index contributed by atoms with van der Waals surface area (Å²) >= 11 is 5.27. The molecule has 0 spiro atoms. The van der Waals surface area contributed by atoms with Gasteiger partial charge in [0.15, 0.2) is 5.11 Å². The largest absolute Gasteiger partial charge is 0.465 e. The van der Waals surface area contributed by atoms with Gasteiger partial charge in [-0.15, -0.1) is 0 Å². The van der Waals surface area contributed by atoms with E-state index in [9.17, 15) is 14.4 Å². The van der Waals surface area contributed by atoms with E-state index in [1.807, 2.05) is 19.1 Å². The second kappa shape index (κ2) is 9.68. The quantitative estimate of drug-likeness (QED) is 0.235. The second-order valence-corrected chi connectivity index (χ2v) is 8.81. The fourth-order valence-electron chi connectivity index (χ4n) is 3.80. The maximum atomic E-state index is 13.3. The molecule has 2 amide bonds. The topological polar surface area (TPSA) is 88.9 Å². The van der Waals surface area contributed by atoms with E-state index in [0.29, 0.717) is 28.7 Å². The monoisotopic (exact) mass is 488 g/mol. The Balaban J connectivity index is 1.63. The maximum absolute atomic E-state index is 13.3. The summed E-state index contributed by atoms with van der Waals surface area (Å²) in [5.74, 6) is -0.340. The molecule has 1 fully saturated rings. The highest BCUT2D eigenvalue weighted by atomic mass is 32.1. The summed E-state index contributed by atoms with van der Waals surface area (Å²) in [5, 5.41) is 2.60. The number of hydrogen-bond acceptors (Lipinski definition) is 6. The van der Waals surface area contributed by atoms with Crippen molar-refractivity contribution in [3.8, 4) is 11.3 Å². The normalized spacial score (nSPS) is 15.1. The molecule has 7 nitrogen and oxygen atoms in total. The van der Waals surface area contributed by atoms with Gasteiger partial charge in [-0.1, -0.05) is 32.0 Å². The Morgan fingerprint density at radius 2 is 1.80 bits per heavy atom. The Bertz CT molecular complexity index is 1370. The standard InChI is InChI=1S/C27H24N2O5S/c1-15(2)17-5-8-19(9-6-17)29-25(31)22(24(30)28-27(29)35)14-20-10-12-23(34-20)21-11-7-18(13-16(21)3)26(32)33-4/h5-15H,1-4H3,(H,28,30,35)/b22-14+. The number of anilines is 1. The molecule has 35 heavy (non-hydrogen) atoms. The number of rotatable bonds is 5. The Kier molecular flexibility index (Phi) is 6.66. The van der Waals surface area contributed by atoms with E-state index < -0.39 is 17.8 Å². The smallest absolute Gasteiger partial charge is 0.337 e. The van der Waals surface area contributed by atoms with Gasteiger partial charge < -0.3 is 9.15 Å². The molecule has 0 unspecified atom stereocenters. The minimum Gasteiger partial charge on any atom is -0.465 e. The van der Waals surface area contributed by atoms with Crippen LogP contribution in [-0.2, 0) is 14.3 Å². The van der Waals surface area contributed by atoms with Crippen LogP contribution >= 0.6 is 12.2 Å². The van der Waals surface area contributed by atoms with Crippen LogP contribution in [0.1, 0.15) is 47.0 Å². The number of ether oxygens (including phenoxy) is 1. The second-order valence-electron chi connectivity index (χ2n) is 8.43. The highest BCUT2D eigenvalue weighted by Gasteiger charge is 2.34. The van der Waals surface area contributed by atoms with Crippen molar-refractivity contribution in [3.63, 3.8) is 0 Å². The van der Waals surface area contributed by atoms with Crippen LogP contribution in [-0.4, -0.2) is 30.0 Å². The van der Waals surface area contributed by atoms with E-state index in [-0.39, 0.29) is 10.7 Å². The third kappa shape index (κ3) is 4.79. The molecule has 0 radical (unpaired) electrons. The van der Waals surface area contributed by atoms with Crippen LogP contribution in [0.15, 0.2) is 64.6 Å². The molecule has 2 aromatic carbocycles. The Morgan fingerprint density at radius 1 is 1.09 bits per heavy atom. The van der Waals surface area contributed by atoms with E-state index >= 15 is 0 Å². The first kappa shape index (κ1) is 24.1. The molecule has 3 aromatic rings. The van der Waals surface area contributed by atoms with E-state index in [0.717, 1.165) is 16.7 Å². The first-order valence-electron chi connectivity index (χ1n) is 11.0. The third-order valence-corrected chi connectivity index (χ3v) is 6.03. The van der Waals surface area contributed by atoms with E-state index in [1.165, 1.54) is 18.1 Å². The van der Waals surface area contributed by atoms with Crippen molar-refractivity contribution >= 4 is 46.9 Å². The van der Waals surface area contributed by atoms with Gasteiger partial charge in [-0.3, -0.25) is 19.8 Å². The summed E-state index contributed by atoms with van der Waals surface area (Å²) in [7, 11) is 1.33. The SMILES string of the molecule is COC(=O)c1ccc(-c2ccc(/C=C3\C(=O)NC(=S)N(c4ccc(C(C)C)cc4)C3=O)o2)c(C)c1. The lowest BCUT2D eigenvalue weighted by Gasteiger charge is -2.29. The molecule has 1 aromatic heterocycles. The highest BCUT2D eigenvalue weighted by molar-refractivity contribution is 7.80. The Hall–Kier alpha value is -4.04.